The molecular weight excluding hydrogens is 312 g/mol. The van der Waals surface area contributed by atoms with Crippen LogP contribution >= 0.6 is 0 Å². The molecule has 0 radical (unpaired) electrons. The average Bonchev–Trinajstić information content (AvgIpc) is 2.77. The number of pyridine rings is 1. The molecule has 2 heterocycles. The maximum Gasteiger partial charge on any atom is 0.294 e. The summed E-state index contributed by atoms with van der Waals surface area (Å²) in [6, 6.07) is 7.53. The first-order valence-electron chi connectivity index (χ1n) is 7.17. The highest BCUT2D eigenvalue weighted by Crippen LogP contribution is 2.42. The Morgan fingerprint density at radius 1 is 1.33 bits per heavy atom. The van der Waals surface area contributed by atoms with Crippen LogP contribution in [0.1, 0.15) is 29.9 Å². The minimum absolute atomic E-state index is 0.0268. The van der Waals surface area contributed by atoms with Crippen molar-refractivity contribution < 1.29 is 14.5 Å². The van der Waals surface area contributed by atoms with Crippen molar-refractivity contribution in [2.24, 2.45) is 0 Å². The number of amides is 2. The van der Waals surface area contributed by atoms with Crippen molar-refractivity contribution >= 4 is 28.9 Å². The van der Waals surface area contributed by atoms with E-state index in [2.05, 4.69) is 15.6 Å². The van der Waals surface area contributed by atoms with Crippen LogP contribution in [-0.2, 0) is 10.2 Å². The predicted octanol–water partition coefficient (Wildman–Crippen LogP) is 2.47. The summed E-state index contributed by atoms with van der Waals surface area (Å²) in [5.74, 6) is -0.811. The zero-order valence-corrected chi connectivity index (χ0v) is 13.0. The highest BCUT2D eigenvalue weighted by Gasteiger charge is 2.40. The molecule has 0 saturated carbocycles. The lowest BCUT2D eigenvalue weighted by molar-refractivity contribution is -0.383. The van der Waals surface area contributed by atoms with E-state index in [1.165, 1.54) is 24.4 Å². The second-order valence-corrected chi connectivity index (χ2v) is 5.92. The molecule has 1 aliphatic heterocycles. The number of aromatic nitrogens is 1. The molecule has 122 valence electrons. The molecule has 0 spiro atoms. The van der Waals surface area contributed by atoms with Gasteiger partial charge in [-0.05, 0) is 37.6 Å². The van der Waals surface area contributed by atoms with Gasteiger partial charge in [-0.2, -0.15) is 0 Å². The Kier molecular flexibility index (Phi) is 3.52. The zero-order valence-electron chi connectivity index (χ0n) is 13.0. The number of carbonyl (C=O) groups is 2. The molecule has 8 heteroatoms. The van der Waals surface area contributed by atoms with E-state index in [4.69, 9.17) is 0 Å². The van der Waals surface area contributed by atoms with Crippen LogP contribution in [0.4, 0.5) is 17.1 Å². The second-order valence-electron chi connectivity index (χ2n) is 5.92. The maximum absolute atomic E-state index is 12.2. The third-order valence-electron chi connectivity index (χ3n) is 3.97. The Balaban J connectivity index is 2.04. The number of rotatable bonds is 3. The SMILES string of the molecule is CC1(C)C(=O)Nc2cc([N+](=O)[O-])c(NC(=O)c3ccccn3)cc21. The summed E-state index contributed by atoms with van der Waals surface area (Å²) in [5, 5.41) is 16.4. The largest absolute Gasteiger partial charge is 0.325 e. The smallest absolute Gasteiger partial charge is 0.294 e. The molecule has 2 amide bonds. The molecule has 8 nitrogen and oxygen atoms in total. The van der Waals surface area contributed by atoms with Gasteiger partial charge in [0.2, 0.25) is 5.91 Å². The fourth-order valence-electron chi connectivity index (χ4n) is 2.54. The molecule has 0 saturated heterocycles. The molecule has 1 aliphatic rings. The quantitative estimate of drug-likeness (QED) is 0.664. The number of nitrogens with one attached hydrogen (secondary N) is 2. The molecule has 0 aliphatic carbocycles. The van der Waals surface area contributed by atoms with Crippen LogP contribution in [0.3, 0.4) is 0 Å². The van der Waals surface area contributed by atoms with Crippen LogP contribution in [0, 0.1) is 10.1 Å². The van der Waals surface area contributed by atoms with E-state index in [1.807, 2.05) is 0 Å². The minimum Gasteiger partial charge on any atom is -0.325 e. The number of hydrogen-bond donors (Lipinski definition) is 2. The average molecular weight is 326 g/mol. The molecule has 1 aromatic heterocycles. The van der Waals surface area contributed by atoms with Crippen LogP contribution in [-0.4, -0.2) is 21.7 Å². The lowest BCUT2D eigenvalue weighted by atomic mass is 9.86. The Labute approximate surface area is 137 Å². The van der Waals surface area contributed by atoms with Gasteiger partial charge in [-0.15, -0.1) is 0 Å². The Hall–Kier alpha value is -3.29. The summed E-state index contributed by atoms with van der Waals surface area (Å²) < 4.78 is 0. The van der Waals surface area contributed by atoms with Crippen LogP contribution in [0.25, 0.3) is 0 Å². The molecule has 2 N–H and O–H groups in total. The van der Waals surface area contributed by atoms with E-state index in [0.29, 0.717) is 11.3 Å². The van der Waals surface area contributed by atoms with E-state index >= 15 is 0 Å². The van der Waals surface area contributed by atoms with Gasteiger partial charge in [-0.25, -0.2) is 0 Å². The van der Waals surface area contributed by atoms with Crippen LogP contribution < -0.4 is 10.6 Å². The molecule has 3 rings (SSSR count). The van der Waals surface area contributed by atoms with Gasteiger partial charge in [0, 0.05) is 12.3 Å². The minimum atomic E-state index is -0.838. The van der Waals surface area contributed by atoms with Gasteiger partial charge >= 0.3 is 0 Å². The Bertz CT molecular complexity index is 862. The Morgan fingerprint density at radius 2 is 2.08 bits per heavy atom. The standard InChI is InChI=1S/C16H14N4O4/c1-16(2)9-7-12(18-14(21)10-5-3-4-6-17-10)13(20(23)24)8-11(9)19-15(16)22/h3-8H,1-2H3,(H,18,21)(H,19,22). The van der Waals surface area contributed by atoms with Crippen molar-refractivity contribution in [2.45, 2.75) is 19.3 Å². The zero-order chi connectivity index (χ0) is 17.5. The van der Waals surface area contributed by atoms with Gasteiger partial charge in [0.25, 0.3) is 11.6 Å². The highest BCUT2D eigenvalue weighted by molar-refractivity contribution is 6.08. The van der Waals surface area contributed by atoms with E-state index in [1.54, 1.807) is 26.0 Å². The lowest BCUT2D eigenvalue weighted by Crippen LogP contribution is -2.27. The number of fused-ring (bicyclic) bond motifs is 1. The Morgan fingerprint density at radius 3 is 2.71 bits per heavy atom. The number of nitro groups is 1. The number of anilines is 2. The maximum atomic E-state index is 12.2. The van der Waals surface area contributed by atoms with Gasteiger partial charge in [-0.1, -0.05) is 6.07 Å². The second kappa shape index (κ2) is 5.41. The van der Waals surface area contributed by atoms with E-state index in [0.717, 1.165) is 0 Å². The van der Waals surface area contributed by atoms with Crippen LogP contribution in [0.2, 0.25) is 0 Å². The summed E-state index contributed by atoms with van der Waals surface area (Å²) in [6.07, 6.45) is 1.46. The molecule has 1 aromatic carbocycles. The summed E-state index contributed by atoms with van der Waals surface area (Å²) in [6.45, 7) is 3.43. The van der Waals surface area contributed by atoms with Gasteiger partial charge in [-0.3, -0.25) is 24.7 Å². The van der Waals surface area contributed by atoms with Crippen molar-refractivity contribution in [3.8, 4) is 0 Å². The van der Waals surface area contributed by atoms with Crippen molar-refractivity contribution in [3.63, 3.8) is 0 Å². The molecule has 0 fully saturated rings. The van der Waals surface area contributed by atoms with Crippen LogP contribution in [0.5, 0.6) is 0 Å². The predicted molar refractivity (Wildman–Crippen MR) is 86.9 cm³/mol. The fraction of sp³-hybridized carbons (Fsp3) is 0.188. The summed E-state index contributed by atoms with van der Waals surface area (Å²) in [5.41, 5.74) is 0.00676. The molecule has 2 aromatic rings. The molecule has 0 bridgehead atoms. The first-order chi connectivity index (χ1) is 11.3. The van der Waals surface area contributed by atoms with Crippen molar-refractivity contribution in [2.75, 3.05) is 10.6 Å². The first-order valence-corrected chi connectivity index (χ1v) is 7.17. The summed E-state index contributed by atoms with van der Waals surface area (Å²) in [4.78, 5) is 38.9. The van der Waals surface area contributed by atoms with Crippen molar-refractivity contribution in [1.82, 2.24) is 4.98 Å². The van der Waals surface area contributed by atoms with Crippen molar-refractivity contribution in [1.29, 1.82) is 0 Å². The van der Waals surface area contributed by atoms with Gasteiger partial charge in [0.15, 0.2) is 0 Å². The number of nitro benzene ring substituents is 1. The first kappa shape index (κ1) is 15.6. The third kappa shape index (κ3) is 2.47. The monoisotopic (exact) mass is 326 g/mol. The molecular formula is C16H14N4O4. The number of nitrogens with zero attached hydrogens (tertiary/aromatic N) is 2. The van der Waals surface area contributed by atoms with Crippen LogP contribution in [0.15, 0.2) is 36.5 Å². The lowest BCUT2D eigenvalue weighted by Gasteiger charge is -2.16. The highest BCUT2D eigenvalue weighted by atomic mass is 16.6. The molecule has 0 unspecified atom stereocenters. The molecule has 24 heavy (non-hydrogen) atoms. The van der Waals surface area contributed by atoms with E-state index < -0.39 is 16.2 Å². The normalized spacial score (nSPS) is 14.7. The van der Waals surface area contributed by atoms with Gasteiger partial charge in [0.1, 0.15) is 11.4 Å². The fourth-order valence-corrected chi connectivity index (χ4v) is 2.54. The van der Waals surface area contributed by atoms with E-state index in [9.17, 15) is 19.7 Å². The molecule has 0 atom stereocenters. The third-order valence-corrected chi connectivity index (χ3v) is 3.97. The van der Waals surface area contributed by atoms with Gasteiger partial charge in [0.05, 0.1) is 16.0 Å². The summed E-state index contributed by atoms with van der Waals surface area (Å²) in [7, 11) is 0. The topological polar surface area (TPSA) is 114 Å². The number of benzene rings is 1. The summed E-state index contributed by atoms with van der Waals surface area (Å²) >= 11 is 0. The number of carbonyl (C=O) groups excluding carboxylic acids is 2. The number of hydrogen-bond acceptors (Lipinski definition) is 5. The van der Waals surface area contributed by atoms with E-state index in [-0.39, 0.29) is 23.0 Å². The van der Waals surface area contributed by atoms with Gasteiger partial charge < -0.3 is 10.6 Å². The van der Waals surface area contributed by atoms with Crippen molar-refractivity contribution in [3.05, 3.63) is 57.9 Å².